The quantitative estimate of drug-likeness (QED) is 0.715. The minimum atomic E-state index is -0.580. The van der Waals surface area contributed by atoms with Gasteiger partial charge in [-0.2, -0.15) is 0 Å². The van der Waals surface area contributed by atoms with Gasteiger partial charge >= 0.3 is 0 Å². The van der Waals surface area contributed by atoms with E-state index in [-0.39, 0.29) is 5.39 Å². The van der Waals surface area contributed by atoms with Crippen molar-refractivity contribution in [3.8, 4) is 11.6 Å². The van der Waals surface area contributed by atoms with Gasteiger partial charge < -0.3 is 9.40 Å². The Labute approximate surface area is 101 Å². The Bertz CT molecular complexity index is 789. The number of furan rings is 1. The van der Waals surface area contributed by atoms with Gasteiger partial charge in [0.05, 0.1) is 5.52 Å². The van der Waals surface area contributed by atoms with E-state index in [4.69, 9.17) is 4.42 Å². The van der Waals surface area contributed by atoms with Crippen molar-refractivity contribution in [2.24, 2.45) is 0 Å². The van der Waals surface area contributed by atoms with E-state index in [2.05, 4.69) is 9.97 Å². The zero-order valence-corrected chi connectivity index (χ0v) is 9.53. The lowest BCUT2D eigenvalue weighted by atomic mass is 10.2. The van der Waals surface area contributed by atoms with Crippen LogP contribution < -0.4 is 5.56 Å². The molecule has 0 spiro atoms. The second-order valence-electron chi connectivity index (χ2n) is 3.96. The summed E-state index contributed by atoms with van der Waals surface area (Å²) in [7, 11) is 0. The van der Waals surface area contributed by atoms with Crippen LogP contribution in [0.1, 0.15) is 5.76 Å². The first kappa shape index (κ1) is 10.7. The molecule has 1 aromatic carbocycles. The number of rotatable bonds is 1. The lowest BCUT2D eigenvalue weighted by Crippen LogP contribution is -2.10. The Kier molecular flexibility index (Phi) is 2.26. The number of halogens is 1. The molecule has 1 N–H and O–H groups in total. The number of fused-ring (bicyclic) bond motifs is 1. The smallest absolute Gasteiger partial charge is 0.262 e. The van der Waals surface area contributed by atoms with Crippen LogP contribution in [0.15, 0.2) is 39.5 Å². The van der Waals surface area contributed by atoms with Crippen molar-refractivity contribution in [1.29, 1.82) is 0 Å². The first-order valence-corrected chi connectivity index (χ1v) is 5.40. The molecule has 0 amide bonds. The molecule has 3 aromatic rings. The summed E-state index contributed by atoms with van der Waals surface area (Å²) in [6.07, 6.45) is 0. The molecular formula is C13H9FN2O2. The number of benzene rings is 1. The maximum atomic E-state index is 13.5. The number of hydrogen-bond acceptors (Lipinski definition) is 3. The normalized spacial score (nSPS) is 11.0. The first-order valence-electron chi connectivity index (χ1n) is 5.40. The van der Waals surface area contributed by atoms with E-state index in [0.717, 1.165) is 0 Å². The summed E-state index contributed by atoms with van der Waals surface area (Å²) < 4.78 is 18.9. The zero-order chi connectivity index (χ0) is 12.7. The van der Waals surface area contributed by atoms with Crippen LogP contribution >= 0.6 is 0 Å². The van der Waals surface area contributed by atoms with E-state index in [0.29, 0.717) is 22.9 Å². The molecule has 0 aliphatic rings. The Morgan fingerprint density at radius 1 is 1.28 bits per heavy atom. The predicted molar refractivity (Wildman–Crippen MR) is 64.8 cm³/mol. The fourth-order valence-corrected chi connectivity index (χ4v) is 1.83. The molecule has 5 heteroatoms. The molecule has 0 saturated heterocycles. The number of aromatic nitrogens is 2. The van der Waals surface area contributed by atoms with Gasteiger partial charge in [-0.05, 0) is 31.2 Å². The van der Waals surface area contributed by atoms with Crippen LogP contribution in [-0.2, 0) is 0 Å². The number of aryl methyl sites for hydroxylation is 1. The summed E-state index contributed by atoms with van der Waals surface area (Å²) >= 11 is 0. The standard InChI is InChI=1S/C13H9FN2O2/c1-7-5-6-10(18-7)12-15-9-4-2-3-8(14)11(9)13(17)16-12/h2-6H,1H3,(H,15,16,17). The molecular weight excluding hydrogens is 235 g/mol. The van der Waals surface area contributed by atoms with Gasteiger partial charge in [0, 0.05) is 0 Å². The van der Waals surface area contributed by atoms with Crippen LogP contribution in [-0.4, -0.2) is 9.97 Å². The van der Waals surface area contributed by atoms with Crippen LogP contribution in [0.2, 0.25) is 0 Å². The highest BCUT2D eigenvalue weighted by molar-refractivity contribution is 5.79. The summed E-state index contributed by atoms with van der Waals surface area (Å²) in [6, 6.07) is 7.81. The summed E-state index contributed by atoms with van der Waals surface area (Å²) in [5.41, 5.74) is -0.204. The molecule has 4 nitrogen and oxygen atoms in total. The molecule has 2 aromatic heterocycles. The van der Waals surface area contributed by atoms with Crippen molar-refractivity contribution < 1.29 is 8.81 Å². The zero-order valence-electron chi connectivity index (χ0n) is 9.53. The van der Waals surface area contributed by atoms with Gasteiger partial charge in [0.25, 0.3) is 5.56 Å². The number of nitrogens with one attached hydrogen (secondary N) is 1. The van der Waals surface area contributed by atoms with Gasteiger partial charge in [0.1, 0.15) is 17.0 Å². The highest BCUT2D eigenvalue weighted by atomic mass is 19.1. The maximum absolute atomic E-state index is 13.5. The molecule has 2 heterocycles. The Morgan fingerprint density at radius 2 is 2.11 bits per heavy atom. The molecule has 0 bridgehead atoms. The van der Waals surface area contributed by atoms with E-state index < -0.39 is 11.4 Å². The number of hydrogen-bond donors (Lipinski definition) is 1. The van der Waals surface area contributed by atoms with Crippen LogP contribution in [0, 0.1) is 12.7 Å². The summed E-state index contributed by atoms with van der Waals surface area (Å²) in [5.74, 6) is 0.886. The molecule has 90 valence electrons. The maximum Gasteiger partial charge on any atom is 0.262 e. The second kappa shape index (κ2) is 3.80. The highest BCUT2D eigenvalue weighted by Crippen LogP contribution is 2.19. The molecule has 0 radical (unpaired) electrons. The summed E-state index contributed by atoms with van der Waals surface area (Å²) in [5, 5.41) is -0.0375. The van der Waals surface area contributed by atoms with Crippen molar-refractivity contribution in [2.75, 3.05) is 0 Å². The highest BCUT2D eigenvalue weighted by Gasteiger charge is 2.11. The predicted octanol–water partition coefficient (Wildman–Crippen LogP) is 2.63. The molecule has 0 aliphatic heterocycles. The third-order valence-corrected chi connectivity index (χ3v) is 2.66. The molecule has 3 rings (SSSR count). The van der Waals surface area contributed by atoms with Gasteiger partial charge in [0.2, 0.25) is 0 Å². The fraction of sp³-hybridized carbons (Fsp3) is 0.0769. The molecule has 0 atom stereocenters. The Hall–Kier alpha value is -2.43. The third-order valence-electron chi connectivity index (χ3n) is 2.66. The summed E-state index contributed by atoms with van der Waals surface area (Å²) in [4.78, 5) is 18.5. The lowest BCUT2D eigenvalue weighted by molar-refractivity contribution is 0.544. The van der Waals surface area contributed by atoms with Crippen molar-refractivity contribution in [3.05, 3.63) is 52.3 Å². The van der Waals surface area contributed by atoms with Crippen molar-refractivity contribution in [1.82, 2.24) is 9.97 Å². The van der Waals surface area contributed by atoms with Crippen LogP contribution in [0.5, 0.6) is 0 Å². The molecule has 0 aliphatic carbocycles. The van der Waals surface area contributed by atoms with Gasteiger partial charge in [-0.15, -0.1) is 0 Å². The molecule has 0 unspecified atom stereocenters. The number of nitrogens with zero attached hydrogens (tertiary/aromatic N) is 1. The van der Waals surface area contributed by atoms with Crippen molar-refractivity contribution in [3.63, 3.8) is 0 Å². The van der Waals surface area contributed by atoms with Crippen molar-refractivity contribution >= 4 is 10.9 Å². The SMILES string of the molecule is Cc1ccc(-c2nc3cccc(F)c3c(=O)[nH]2)o1. The van der Waals surface area contributed by atoms with E-state index in [1.54, 1.807) is 25.1 Å². The first-order chi connectivity index (χ1) is 8.65. The number of aromatic amines is 1. The van der Waals surface area contributed by atoms with E-state index in [1.165, 1.54) is 12.1 Å². The monoisotopic (exact) mass is 244 g/mol. The average molecular weight is 244 g/mol. The van der Waals surface area contributed by atoms with E-state index in [9.17, 15) is 9.18 Å². The van der Waals surface area contributed by atoms with Gasteiger partial charge in [0.15, 0.2) is 11.6 Å². The van der Waals surface area contributed by atoms with Gasteiger partial charge in [-0.3, -0.25) is 4.79 Å². The topological polar surface area (TPSA) is 58.9 Å². The second-order valence-corrected chi connectivity index (χ2v) is 3.96. The Balaban J connectivity index is 2.31. The van der Waals surface area contributed by atoms with E-state index in [1.807, 2.05) is 0 Å². The van der Waals surface area contributed by atoms with E-state index >= 15 is 0 Å². The minimum absolute atomic E-state index is 0.0375. The fourth-order valence-electron chi connectivity index (χ4n) is 1.83. The average Bonchev–Trinajstić information content (AvgIpc) is 2.75. The largest absolute Gasteiger partial charge is 0.458 e. The van der Waals surface area contributed by atoms with Crippen LogP contribution in [0.25, 0.3) is 22.5 Å². The molecule has 0 saturated carbocycles. The minimum Gasteiger partial charge on any atom is -0.458 e. The van der Waals surface area contributed by atoms with Crippen LogP contribution in [0.3, 0.4) is 0 Å². The lowest BCUT2D eigenvalue weighted by Gasteiger charge is -2.01. The van der Waals surface area contributed by atoms with Gasteiger partial charge in [-0.25, -0.2) is 9.37 Å². The third kappa shape index (κ3) is 1.60. The van der Waals surface area contributed by atoms with Gasteiger partial charge in [-0.1, -0.05) is 6.07 Å². The van der Waals surface area contributed by atoms with Crippen molar-refractivity contribution in [2.45, 2.75) is 6.92 Å². The van der Waals surface area contributed by atoms with Crippen LogP contribution in [0.4, 0.5) is 4.39 Å². The molecule has 18 heavy (non-hydrogen) atoms. The Morgan fingerprint density at radius 3 is 2.83 bits per heavy atom. The summed E-state index contributed by atoms with van der Waals surface area (Å²) in [6.45, 7) is 1.79. The molecule has 0 fully saturated rings. The number of H-pyrrole nitrogens is 1.